The number of anilines is 1. The predicted molar refractivity (Wildman–Crippen MR) is 113 cm³/mol. The Morgan fingerprint density at radius 2 is 1.67 bits per heavy atom. The lowest BCUT2D eigenvalue weighted by Gasteiger charge is -2.37. The van der Waals surface area contributed by atoms with Crippen LogP contribution in [-0.2, 0) is 25.0 Å². The minimum absolute atomic E-state index is 0.117. The zero-order valence-electron chi connectivity index (χ0n) is 17.2. The van der Waals surface area contributed by atoms with Crippen molar-refractivity contribution in [3.05, 3.63) is 59.9 Å². The lowest BCUT2D eigenvalue weighted by molar-refractivity contribution is -0.118. The standard InChI is InChI=1S/C22H27FN2O4S/c1-16(2)21(26)25-19-7-9-20(10-8-19)30(27,28)24-15-22(11-13-29-14-12-22)17-3-5-18(23)6-4-17/h3-10,16,24H,11-15H2,1-2H3,(H,25,26). The van der Waals surface area contributed by atoms with E-state index in [4.69, 9.17) is 4.74 Å². The molecule has 0 radical (unpaired) electrons. The van der Waals surface area contributed by atoms with Gasteiger partial charge < -0.3 is 10.1 Å². The summed E-state index contributed by atoms with van der Waals surface area (Å²) in [5.74, 6) is -0.632. The average Bonchev–Trinajstić information content (AvgIpc) is 2.74. The van der Waals surface area contributed by atoms with Gasteiger partial charge in [0.25, 0.3) is 0 Å². The van der Waals surface area contributed by atoms with Crippen LogP contribution in [0.5, 0.6) is 0 Å². The Balaban J connectivity index is 1.75. The maximum Gasteiger partial charge on any atom is 0.240 e. The predicted octanol–water partition coefficient (Wildman–Crippen LogP) is 3.45. The molecule has 2 aromatic carbocycles. The van der Waals surface area contributed by atoms with Crippen molar-refractivity contribution in [2.45, 2.75) is 37.0 Å². The molecule has 1 aliphatic heterocycles. The SMILES string of the molecule is CC(C)C(=O)Nc1ccc(S(=O)(=O)NCC2(c3ccc(F)cc3)CCOCC2)cc1. The van der Waals surface area contributed by atoms with Crippen molar-refractivity contribution >= 4 is 21.6 Å². The van der Waals surface area contributed by atoms with E-state index in [9.17, 15) is 17.6 Å². The van der Waals surface area contributed by atoms with Crippen LogP contribution in [0.4, 0.5) is 10.1 Å². The van der Waals surface area contributed by atoms with Gasteiger partial charge in [-0.15, -0.1) is 0 Å². The molecule has 2 aromatic rings. The van der Waals surface area contributed by atoms with Crippen LogP contribution in [0.2, 0.25) is 0 Å². The van der Waals surface area contributed by atoms with E-state index in [0.717, 1.165) is 5.56 Å². The molecule has 1 amide bonds. The summed E-state index contributed by atoms with van der Waals surface area (Å²) in [4.78, 5) is 11.9. The van der Waals surface area contributed by atoms with Crippen LogP contribution in [0, 0.1) is 11.7 Å². The molecule has 0 aliphatic carbocycles. The van der Waals surface area contributed by atoms with Crippen molar-refractivity contribution in [3.8, 4) is 0 Å². The third-order valence-electron chi connectivity index (χ3n) is 5.46. The highest BCUT2D eigenvalue weighted by Gasteiger charge is 2.35. The second-order valence-corrected chi connectivity index (χ2v) is 9.66. The highest BCUT2D eigenvalue weighted by Crippen LogP contribution is 2.35. The van der Waals surface area contributed by atoms with E-state index in [-0.39, 0.29) is 29.1 Å². The second kappa shape index (κ2) is 9.24. The van der Waals surface area contributed by atoms with Crippen LogP contribution in [0.25, 0.3) is 0 Å². The molecule has 2 N–H and O–H groups in total. The molecule has 0 bridgehead atoms. The van der Waals surface area contributed by atoms with Crippen molar-refractivity contribution in [3.63, 3.8) is 0 Å². The fraction of sp³-hybridized carbons (Fsp3) is 0.409. The van der Waals surface area contributed by atoms with Gasteiger partial charge in [-0.25, -0.2) is 17.5 Å². The van der Waals surface area contributed by atoms with Gasteiger partial charge in [-0.3, -0.25) is 4.79 Å². The minimum Gasteiger partial charge on any atom is -0.381 e. The Labute approximate surface area is 176 Å². The van der Waals surface area contributed by atoms with Gasteiger partial charge in [0.05, 0.1) is 4.90 Å². The highest BCUT2D eigenvalue weighted by atomic mass is 32.2. The lowest BCUT2D eigenvalue weighted by Crippen LogP contribution is -2.44. The first kappa shape index (κ1) is 22.4. The maximum absolute atomic E-state index is 13.4. The van der Waals surface area contributed by atoms with E-state index in [2.05, 4.69) is 10.0 Å². The number of ether oxygens (including phenoxy) is 1. The molecule has 0 unspecified atom stereocenters. The van der Waals surface area contributed by atoms with Crippen molar-refractivity contribution in [1.82, 2.24) is 4.72 Å². The van der Waals surface area contributed by atoms with Crippen molar-refractivity contribution in [2.24, 2.45) is 5.92 Å². The summed E-state index contributed by atoms with van der Waals surface area (Å²) < 4.78 is 47.3. The molecule has 0 spiro atoms. The number of carbonyl (C=O) groups is 1. The van der Waals surface area contributed by atoms with E-state index in [1.165, 1.54) is 24.3 Å². The molecule has 1 heterocycles. The third-order valence-corrected chi connectivity index (χ3v) is 6.88. The van der Waals surface area contributed by atoms with Gasteiger partial charge in [0.15, 0.2) is 0 Å². The fourth-order valence-electron chi connectivity index (χ4n) is 3.45. The second-order valence-electron chi connectivity index (χ2n) is 7.89. The summed E-state index contributed by atoms with van der Waals surface area (Å²) in [5.41, 5.74) is 0.978. The molecule has 1 fully saturated rings. The van der Waals surface area contributed by atoms with Crippen LogP contribution in [-0.4, -0.2) is 34.1 Å². The minimum atomic E-state index is -3.75. The van der Waals surface area contributed by atoms with Gasteiger partial charge in [-0.1, -0.05) is 26.0 Å². The molecule has 0 aromatic heterocycles. The molecule has 162 valence electrons. The van der Waals surface area contributed by atoms with E-state index in [0.29, 0.717) is 31.7 Å². The summed E-state index contributed by atoms with van der Waals surface area (Å²) in [6, 6.07) is 12.3. The quantitative estimate of drug-likeness (QED) is 0.699. The number of hydrogen-bond donors (Lipinski definition) is 2. The zero-order valence-corrected chi connectivity index (χ0v) is 18.0. The number of carbonyl (C=O) groups excluding carboxylic acids is 1. The Bertz CT molecular complexity index is 967. The number of sulfonamides is 1. The number of nitrogens with one attached hydrogen (secondary N) is 2. The van der Waals surface area contributed by atoms with Crippen molar-refractivity contribution in [1.29, 1.82) is 0 Å². The van der Waals surface area contributed by atoms with Crippen LogP contribution in [0.3, 0.4) is 0 Å². The largest absolute Gasteiger partial charge is 0.381 e. The van der Waals surface area contributed by atoms with Crippen LogP contribution >= 0.6 is 0 Å². The third kappa shape index (κ3) is 5.24. The van der Waals surface area contributed by atoms with Crippen molar-refractivity contribution in [2.75, 3.05) is 25.1 Å². The molecule has 8 heteroatoms. The molecule has 0 atom stereocenters. The molecule has 3 rings (SSSR count). The Morgan fingerprint density at radius 1 is 1.07 bits per heavy atom. The summed E-state index contributed by atoms with van der Waals surface area (Å²) in [6.07, 6.45) is 1.28. The number of amides is 1. The van der Waals surface area contributed by atoms with Gasteiger partial charge >= 0.3 is 0 Å². The first-order valence-corrected chi connectivity index (χ1v) is 11.4. The number of halogens is 1. The first-order valence-electron chi connectivity index (χ1n) is 9.96. The van der Waals surface area contributed by atoms with Crippen LogP contribution in [0.1, 0.15) is 32.3 Å². The summed E-state index contributed by atoms with van der Waals surface area (Å²) >= 11 is 0. The van der Waals surface area contributed by atoms with Gasteiger partial charge in [0.1, 0.15) is 5.82 Å². The summed E-state index contributed by atoms with van der Waals surface area (Å²) in [5, 5.41) is 2.74. The monoisotopic (exact) mass is 434 g/mol. The van der Waals surface area contributed by atoms with Crippen molar-refractivity contribution < 1.29 is 22.3 Å². The van der Waals surface area contributed by atoms with E-state index >= 15 is 0 Å². The van der Waals surface area contributed by atoms with Gasteiger partial charge in [-0.05, 0) is 54.8 Å². The van der Waals surface area contributed by atoms with Crippen LogP contribution < -0.4 is 10.0 Å². The lowest BCUT2D eigenvalue weighted by atomic mass is 9.74. The van der Waals surface area contributed by atoms with Gasteiger partial charge in [0, 0.05) is 36.8 Å². The smallest absolute Gasteiger partial charge is 0.240 e. The first-order chi connectivity index (χ1) is 14.2. The Kier molecular flexibility index (Phi) is 6.90. The van der Waals surface area contributed by atoms with Gasteiger partial charge in [-0.2, -0.15) is 0 Å². The molecule has 6 nitrogen and oxygen atoms in total. The molecular formula is C22H27FN2O4S. The highest BCUT2D eigenvalue weighted by molar-refractivity contribution is 7.89. The number of hydrogen-bond acceptors (Lipinski definition) is 4. The molecular weight excluding hydrogens is 407 g/mol. The molecule has 1 saturated heterocycles. The number of rotatable bonds is 7. The normalized spacial score (nSPS) is 16.4. The summed E-state index contributed by atoms with van der Waals surface area (Å²) in [7, 11) is -3.75. The zero-order chi connectivity index (χ0) is 21.8. The van der Waals surface area contributed by atoms with E-state index in [1.54, 1.807) is 38.1 Å². The fourth-order valence-corrected chi connectivity index (χ4v) is 4.58. The van der Waals surface area contributed by atoms with Crippen LogP contribution in [0.15, 0.2) is 53.4 Å². The molecule has 0 saturated carbocycles. The number of benzene rings is 2. The topological polar surface area (TPSA) is 84.5 Å². The Hall–Kier alpha value is -2.29. The average molecular weight is 435 g/mol. The maximum atomic E-state index is 13.4. The summed E-state index contributed by atoms with van der Waals surface area (Å²) in [6.45, 7) is 4.79. The molecule has 1 aliphatic rings. The Morgan fingerprint density at radius 3 is 2.23 bits per heavy atom. The van der Waals surface area contributed by atoms with Gasteiger partial charge in [0.2, 0.25) is 15.9 Å². The van der Waals surface area contributed by atoms with E-state index < -0.39 is 15.4 Å². The van der Waals surface area contributed by atoms with E-state index in [1.807, 2.05) is 0 Å². The molecule has 30 heavy (non-hydrogen) atoms.